The number of aliphatic hydroxyl groups is 1. The molecule has 0 spiro atoms. The predicted octanol–water partition coefficient (Wildman–Crippen LogP) is 3.48. The second-order valence-electron chi connectivity index (χ2n) is 6.17. The van der Waals surface area contributed by atoms with Gasteiger partial charge in [-0.15, -0.1) is 12.4 Å². The quantitative estimate of drug-likeness (QED) is 0.865. The SMILES string of the molecule is CN(C)CCCC(C)(O)C(C)(C)c1ccccc1.Cl. The van der Waals surface area contributed by atoms with Crippen molar-refractivity contribution in [2.24, 2.45) is 0 Å². The van der Waals surface area contributed by atoms with Crippen molar-refractivity contribution >= 4 is 12.4 Å². The highest BCUT2D eigenvalue weighted by molar-refractivity contribution is 5.85. The molecule has 0 aliphatic carbocycles. The fourth-order valence-electron chi connectivity index (χ4n) is 2.22. The number of halogens is 1. The van der Waals surface area contributed by atoms with Crippen LogP contribution >= 0.6 is 12.4 Å². The summed E-state index contributed by atoms with van der Waals surface area (Å²) in [6.07, 6.45) is 1.82. The molecule has 0 aliphatic rings. The molecule has 0 amide bonds. The minimum atomic E-state index is -0.690. The third kappa shape index (κ3) is 4.79. The van der Waals surface area contributed by atoms with E-state index in [-0.39, 0.29) is 17.8 Å². The normalized spacial score (nSPS) is 14.9. The lowest BCUT2D eigenvalue weighted by molar-refractivity contribution is -0.0189. The maximum absolute atomic E-state index is 10.8. The number of hydrogen-bond acceptors (Lipinski definition) is 2. The Hall–Kier alpha value is -0.570. The molecular weight excluding hydrogens is 258 g/mol. The Morgan fingerprint density at radius 1 is 1.05 bits per heavy atom. The summed E-state index contributed by atoms with van der Waals surface area (Å²) in [7, 11) is 4.13. The smallest absolute Gasteiger partial charge is 0.0711 e. The molecule has 0 saturated carbocycles. The summed E-state index contributed by atoms with van der Waals surface area (Å²) in [6, 6.07) is 10.3. The predicted molar refractivity (Wildman–Crippen MR) is 85.1 cm³/mol. The Labute approximate surface area is 124 Å². The van der Waals surface area contributed by atoms with Crippen LogP contribution in [0.15, 0.2) is 30.3 Å². The molecule has 1 aromatic rings. The second kappa shape index (κ2) is 7.28. The topological polar surface area (TPSA) is 23.5 Å². The van der Waals surface area contributed by atoms with Crippen LogP contribution in [0, 0.1) is 0 Å². The van der Waals surface area contributed by atoms with Crippen molar-refractivity contribution in [2.75, 3.05) is 20.6 Å². The van der Waals surface area contributed by atoms with Crippen LogP contribution in [-0.2, 0) is 5.41 Å². The number of nitrogens with zero attached hydrogens (tertiary/aromatic N) is 1. The Kier molecular flexibility index (Phi) is 7.06. The Bertz CT molecular complexity index is 360. The molecule has 1 atom stereocenters. The van der Waals surface area contributed by atoms with Gasteiger partial charge in [0.25, 0.3) is 0 Å². The molecular formula is C16H28ClNO. The van der Waals surface area contributed by atoms with Crippen LogP contribution in [0.1, 0.15) is 39.2 Å². The number of benzene rings is 1. The molecule has 1 unspecified atom stereocenters. The van der Waals surface area contributed by atoms with Gasteiger partial charge in [0.15, 0.2) is 0 Å². The van der Waals surface area contributed by atoms with E-state index in [0.717, 1.165) is 19.4 Å². The standard InChI is InChI=1S/C16H27NO.ClH/c1-15(2,14-10-7-6-8-11-14)16(3,18)12-9-13-17(4)5;/h6-8,10-11,18H,9,12-13H2,1-5H3;1H. The van der Waals surface area contributed by atoms with Crippen molar-refractivity contribution in [3.8, 4) is 0 Å². The van der Waals surface area contributed by atoms with Gasteiger partial charge < -0.3 is 10.0 Å². The number of hydrogen-bond donors (Lipinski definition) is 1. The molecule has 0 radical (unpaired) electrons. The van der Waals surface area contributed by atoms with E-state index in [1.54, 1.807) is 0 Å². The molecule has 1 N–H and O–H groups in total. The highest BCUT2D eigenvalue weighted by Gasteiger charge is 2.39. The van der Waals surface area contributed by atoms with Crippen LogP contribution in [0.2, 0.25) is 0 Å². The van der Waals surface area contributed by atoms with Gasteiger partial charge >= 0.3 is 0 Å². The van der Waals surface area contributed by atoms with Gasteiger partial charge in [-0.25, -0.2) is 0 Å². The summed E-state index contributed by atoms with van der Waals surface area (Å²) >= 11 is 0. The maximum atomic E-state index is 10.8. The summed E-state index contributed by atoms with van der Waals surface area (Å²) < 4.78 is 0. The van der Waals surface area contributed by atoms with E-state index in [1.807, 2.05) is 25.1 Å². The van der Waals surface area contributed by atoms with E-state index < -0.39 is 5.60 Å². The van der Waals surface area contributed by atoms with Crippen molar-refractivity contribution in [3.05, 3.63) is 35.9 Å². The molecule has 1 aromatic carbocycles. The van der Waals surface area contributed by atoms with Gasteiger partial charge in [-0.3, -0.25) is 0 Å². The molecule has 2 nitrogen and oxygen atoms in total. The van der Waals surface area contributed by atoms with E-state index in [0.29, 0.717) is 0 Å². The summed E-state index contributed by atoms with van der Waals surface area (Å²) in [6.45, 7) is 7.21. The third-order valence-electron chi connectivity index (χ3n) is 4.11. The van der Waals surface area contributed by atoms with Crippen molar-refractivity contribution in [2.45, 2.75) is 44.6 Å². The van der Waals surface area contributed by atoms with Crippen LogP contribution in [0.25, 0.3) is 0 Å². The first-order chi connectivity index (χ1) is 8.27. The van der Waals surface area contributed by atoms with Crippen molar-refractivity contribution in [3.63, 3.8) is 0 Å². The van der Waals surface area contributed by atoms with E-state index in [2.05, 4.69) is 45.0 Å². The van der Waals surface area contributed by atoms with E-state index in [4.69, 9.17) is 0 Å². The van der Waals surface area contributed by atoms with Crippen molar-refractivity contribution < 1.29 is 5.11 Å². The van der Waals surface area contributed by atoms with Gasteiger partial charge in [0, 0.05) is 5.41 Å². The first kappa shape index (κ1) is 18.4. The van der Waals surface area contributed by atoms with Crippen LogP contribution < -0.4 is 0 Å². The minimum absolute atomic E-state index is 0. The van der Waals surface area contributed by atoms with Crippen LogP contribution in [-0.4, -0.2) is 36.2 Å². The Morgan fingerprint density at radius 3 is 2.05 bits per heavy atom. The molecule has 0 aliphatic heterocycles. The van der Waals surface area contributed by atoms with Crippen molar-refractivity contribution in [1.29, 1.82) is 0 Å². The van der Waals surface area contributed by atoms with E-state index in [9.17, 15) is 5.11 Å². The van der Waals surface area contributed by atoms with Gasteiger partial charge in [0.2, 0.25) is 0 Å². The molecule has 0 heterocycles. The molecule has 3 heteroatoms. The zero-order valence-electron chi connectivity index (χ0n) is 12.8. The Morgan fingerprint density at radius 2 is 1.58 bits per heavy atom. The lowest BCUT2D eigenvalue weighted by atomic mass is 9.69. The lowest BCUT2D eigenvalue weighted by Crippen LogP contribution is -2.45. The average molecular weight is 286 g/mol. The molecule has 0 aromatic heterocycles. The minimum Gasteiger partial charge on any atom is -0.389 e. The maximum Gasteiger partial charge on any atom is 0.0711 e. The van der Waals surface area contributed by atoms with E-state index >= 15 is 0 Å². The van der Waals surface area contributed by atoms with Gasteiger partial charge in [0.1, 0.15) is 0 Å². The molecule has 110 valence electrons. The Balaban J connectivity index is 0.00000324. The summed E-state index contributed by atoms with van der Waals surface area (Å²) in [5.74, 6) is 0. The molecule has 1 rings (SSSR count). The third-order valence-corrected chi connectivity index (χ3v) is 4.11. The van der Waals surface area contributed by atoms with Gasteiger partial charge in [-0.1, -0.05) is 44.2 Å². The largest absolute Gasteiger partial charge is 0.389 e. The average Bonchev–Trinajstić information content (AvgIpc) is 2.29. The first-order valence-electron chi connectivity index (χ1n) is 6.70. The number of rotatable bonds is 6. The summed E-state index contributed by atoms with van der Waals surface area (Å²) in [5, 5.41) is 10.8. The molecule has 19 heavy (non-hydrogen) atoms. The zero-order chi connectivity index (χ0) is 13.8. The summed E-state index contributed by atoms with van der Waals surface area (Å²) in [4.78, 5) is 2.16. The fourth-order valence-corrected chi connectivity index (χ4v) is 2.22. The molecule has 0 fully saturated rings. The lowest BCUT2D eigenvalue weighted by Gasteiger charge is -2.41. The van der Waals surface area contributed by atoms with Gasteiger partial charge in [-0.2, -0.15) is 0 Å². The van der Waals surface area contributed by atoms with E-state index in [1.165, 1.54) is 5.56 Å². The highest BCUT2D eigenvalue weighted by Crippen LogP contribution is 2.37. The van der Waals surface area contributed by atoms with Gasteiger partial charge in [-0.05, 0) is 46.0 Å². The highest BCUT2D eigenvalue weighted by atomic mass is 35.5. The zero-order valence-corrected chi connectivity index (χ0v) is 13.6. The van der Waals surface area contributed by atoms with Gasteiger partial charge in [0.05, 0.1) is 5.60 Å². The fraction of sp³-hybridized carbons (Fsp3) is 0.625. The summed E-state index contributed by atoms with van der Waals surface area (Å²) in [5.41, 5.74) is 0.269. The first-order valence-corrected chi connectivity index (χ1v) is 6.70. The van der Waals surface area contributed by atoms with Crippen LogP contribution in [0.3, 0.4) is 0 Å². The van der Waals surface area contributed by atoms with Crippen LogP contribution in [0.5, 0.6) is 0 Å². The monoisotopic (exact) mass is 285 g/mol. The second-order valence-corrected chi connectivity index (χ2v) is 6.17. The van der Waals surface area contributed by atoms with Crippen molar-refractivity contribution in [1.82, 2.24) is 4.90 Å². The molecule has 0 bridgehead atoms. The van der Waals surface area contributed by atoms with Crippen LogP contribution in [0.4, 0.5) is 0 Å². The molecule has 0 saturated heterocycles.